The summed E-state index contributed by atoms with van der Waals surface area (Å²) in [6.45, 7) is 5.92. The summed E-state index contributed by atoms with van der Waals surface area (Å²) in [6.07, 6.45) is -0.218. The van der Waals surface area contributed by atoms with Crippen molar-refractivity contribution >= 4 is 34.6 Å². The summed E-state index contributed by atoms with van der Waals surface area (Å²) in [4.78, 5) is 30.4. The van der Waals surface area contributed by atoms with E-state index in [1.54, 1.807) is 41.7 Å². The Hall–Kier alpha value is -4.62. The number of anilines is 1. The Bertz CT molecular complexity index is 1620. The molecule has 2 N–H and O–H groups in total. The predicted octanol–water partition coefficient (Wildman–Crippen LogP) is 4.74. The highest BCUT2D eigenvalue weighted by atomic mass is 32.1. The summed E-state index contributed by atoms with van der Waals surface area (Å²) < 4.78 is 1.91. The zero-order valence-electron chi connectivity index (χ0n) is 20.3. The predicted molar refractivity (Wildman–Crippen MR) is 140 cm³/mol. The number of thiophene rings is 1. The van der Waals surface area contributed by atoms with Gasteiger partial charge in [0.05, 0.1) is 23.8 Å². The van der Waals surface area contributed by atoms with Crippen LogP contribution in [0.5, 0.6) is 0 Å². The van der Waals surface area contributed by atoms with Crippen molar-refractivity contribution in [1.29, 1.82) is 5.26 Å². The second kappa shape index (κ2) is 9.44. The van der Waals surface area contributed by atoms with Crippen molar-refractivity contribution in [3.8, 4) is 11.1 Å². The van der Waals surface area contributed by atoms with Crippen LogP contribution in [-0.2, 0) is 4.79 Å². The molecule has 5 rings (SSSR count). The minimum atomic E-state index is -0.975. The van der Waals surface area contributed by atoms with Gasteiger partial charge in [-0.15, -0.1) is 21.5 Å². The highest BCUT2D eigenvalue weighted by molar-refractivity contribution is 7.15. The van der Waals surface area contributed by atoms with E-state index >= 15 is 0 Å². The van der Waals surface area contributed by atoms with E-state index in [0.717, 1.165) is 26.6 Å². The molecule has 0 saturated carbocycles. The minimum absolute atomic E-state index is 0.218. The lowest BCUT2D eigenvalue weighted by atomic mass is 9.99. The molecule has 0 unspecified atom stereocenters. The fourth-order valence-corrected chi connectivity index (χ4v) is 5.55. The smallest absolute Gasteiger partial charge is 0.306 e. The average Bonchev–Trinajstić information content (AvgIpc) is 3.36. The van der Waals surface area contributed by atoms with Gasteiger partial charge in [-0.3, -0.25) is 19.1 Å². The molecule has 0 saturated heterocycles. The Kier molecular flexibility index (Phi) is 6.15. The van der Waals surface area contributed by atoms with E-state index in [9.17, 15) is 14.7 Å². The number of nitrogens with one attached hydrogen (secondary N) is 1. The maximum Gasteiger partial charge on any atom is 0.306 e. The number of aromatic nitrogens is 3. The third kappa shape index (κ3) is 4.41. The van der Waals surface area contributed by atoms with Crippen LogP contribution >= 0.6 is 11.3 Å². The molecule has 2 aromatic heterocycles. The van der Waals surface area contributed by atoms with Crippen molar-refractivity contribution in [3.63, 3.8) is 0 Å². The molecule has 0 fully saturated rings. The monoisotopic (exact) mass is 510 g/mol. The van der Waals surface area contributed by atoms with Gasteiger partial charge in [0, 0.05) is 27.3 Å². The van der Waals surface area contributed by atoms with Crippen LogP contribution < -0.4 is 5.32 Å². The zero-order chi connectivity index (χ0) is 26.3. The van der Waals surface area contributed by atoms with Gasteiger partial charge in [0.2, 0.25) is 0 Å². The van der Waals surface area contributed by atoms with Gasteiger partial charge in [-0.25, -0.2) is 0 Å². The number of aryl methyl sites for hydroxylation is 2. The molecule has 1 atom stereocenters. The molecule has 4 aromatic rings. The lowest BCUT2D eigenvalue weighted by Crippen LogP contribution is -2.13. The molecule has 0 radical (unpaired) electrons. The quantitative estimate of drug-likeness (QED) is 0.398. The van der Waals surface area contributed by atoms with E-state index in [1.807, 2.05) is 43.5 Å². The second-order valence-corrected chi connectivity index (χ2v) is 9.92. The first kappa shape index (κ1) is 24.1. The number of benzene rings is 2. The number of rotatable bonds is 5. The zero-order valence-corrected chi connectivity index (χ0v) is 21.1. The molecule has 0 bridgehead atoms. The normalized spacial score (nSPS) is 14.1. The molecule has 184 valence electrons. The van der Waals surface area contributed by atoms with Crippen molar-refractivity contribution in [2.24, 2.45) is 4.99 Å². The number of carbonyl (C=O) groups is 2. The van der Waals surface area contributed by atoms with Crippen LogP contribution in [0, 0.1) is 32.1 Å². The summed E-state index contributed by atoms with van der Waals surface area (Å²) in [5.41, 5.74) is 4.83. The maximum atomic E-state index is 12.7. The van der Waals surface area contributed by atoms with E-state index in [4.69, 9.17) is 10.3 Å². The SMILES string of the molecule is Cc1sc2c(c1C)C(c1ccc(NC(=O)c3cccc(C#N)c3)cc1)=N[C@@H](CC(=O)O)c1nnc(C)n1-2. The van der Waals surface area contributed by atoms with Gasteiger partial charge in [0.25, 0.3) is 5.91 Å². The Morgan fingerprint density at radius 3 is 2.59 bits per heavy atom. The molecule has 0 aliphatic carbocycles. The van der Waals surface area contributed by atoms with Crippen LogP contribution in [0.2, 0.25) is 0 Å². The first-order chi connectivity index (χ1) is 17.8. The van der Waals surface area contributed by atoms with Crippen molar-refractivity contribution in [1.82, 2.24) is 14.8 Å². The van der Waals surface area contributed by atoms with E-state index in [0.29, 0.717) is 34.2 Å². The number of amides is 1. The number of hydrogen-bond donors (Lipinski definition) is 2. The Morgan fingerprint density at radius 1 is 1.14 bits per heavy atom. The number of nitrogens with zero attached hydrogens (tertiary/aromatic N) is 5. The summed E-state index contributed by atoms with van der Waals surface area (Å²) in [7, 11) is 0. The number of aliphatic imine (C=N–C) groups is 1. The van der Waals surface area contributed by atoms with Gasteiger partial charge < -0.3 is 10.4 Å². The number of hydrogen-bond acceptors (Lipinski definition) is 7. The summed E-state index contributed by atoms with van der Waals surface area (Å²) >= 11 is 1.60. The van der Waals surface area contributed by atoms with Crippen molar-refractivity contribution < 1.29 is 14.7 Å². The molecule has 1 amide bonds. The molecule has 10 heteroatoms. The number of carboxylic acid groups (broad SMARTS) is 1. The van der Waals surface area contributed by atoms with Crippen LogP contribution in [0.25, 0.3) is 5.00 Å². The van der Waals surface area contributed by atoms with Gasteiger partial charge in [-0.2, -0.15) is 5.26 Å². The first-order valence-electron chi connectivity index (χ1n) is 11.5. The Labute approximate surface area is 216 Å². The highest BCUT2D eigenvalue weighted by Crippen LogP contribution is 2.39. The number of fused-ring (bicyclic) bond motifs is 3. The van der Waals surface area contributed by atoms with Crippen molar-refractivity contribution in [3.05, 3.63) is 92.9 Å². The number of nitriles is 1. The largest absolute Gasteiger partial charge is 0.481 e. The molecular formula is C27H22N6O3S. The third-order valence-corrected chi connectivity index (χ3v) is 7.47. The summed E-state index contributed by atoms with van der Waals surface area (Å²) in [5, 5.41) is 30.9. The van der Waals surface area contributed by atoms with Crippen LogP contribution in [0.4, 0.5) is 5.69 Å². The van der Waals surface area contributed by atoms with Gasteiger partial charge in [0.1, 0.15) is 16.9 Å². The van der Waals surface area contributed by atoms with Crippen molar-refractivity contribution in [2.45, 2.75) is 33.2 Å². The molecule has 1 aliphatic rings. The lowest BCUT2D eigenvalue weighted by molar-refractivity contribution is -0.137. The molecule has 37 heavy (non-hydrogen) atoms. The average molecular weight is 511 g/mol. The van der Waals surface area contributed by atoms with Gasteiger partial charge in [-0.05, 0) is 56.7 Å². The van der Waals surface area contributed by atoms with Gasteiger partial charge >= 0.3 is 5.97 Å². The van der Waals surface area contributed by atoms with E-state index < -0.39 is 12.0 Å². The Morgan fingerprint density at radius 2 is 1.89 bits per heavy atom. The van der Waals surface area contributed by atoms with E-state index in [-0.39, 0.29) is 12.3 Å². The summed E-state index contributed by atoms with van der Waals surface area (Å²) in [5.74, 6) is -0.126. The second-order valence-electron chi connectivity index (χ2n) is 8.72. The number of carbonyl (C=O) groups excluding carboxylic acids is 1. The molecule has 2 aromatic carbocycles. The topological polar surface area (TPSA) is 133 Å². The first-order valence-corrected chi connectivity index (χ1v) is 12.3. The highest BCUT2D eigenvalue weighted by Gasteiger charge is 2.32. The van der Waals surface area contributed by atoms with Gasteiger partial charge in [-0.1, -0.05) is 18.2 Å². The van der Waals surface area contributed by atoms with Crippen LogP contribution in [-0.4, -0.2) is 37.5 Å². The van der Waals surface area contributed by atoms with Gasteiger partial charge in [0.15, 0.2) is 5.82 Å². The lowest BCUT2D eigenvalue weighted by Gasteiger charge is -2.12. The standard InChI is InChI=1S/C27H22N6O3S/c1-14-15(2)37-27-23(14)24(30-21(12-22(34)35)25-32-31-16(3)33(25)27)18-7-9-20(10-8-18)29-26(36)19-6-4-5-17(11-19)13-28/h4-11,21H,12H2,1-3H3,(H,29,36)(H,34,35)/t21-/m0/s1. The molecule has 0 spiro atoms. The van der Waals surface area contributed by atoms with Crippen LogP contribution in [0.1, 0.15) is 61.6 Å². The minimum Gasteiger partial charge on any atom is -0.481 e. The third-order valence-electron chi connectivity index (χ3n) is 6.28. The Balaban J connectivity index is 1.54. The number of aliphatic carboxylic acids is 1. The van der Waals surface area contributed by atoms with Crippen LogP contribution in [0.15, 0.2) is 53.5 Å². The molecule has 3 heterocycles. The van der Waals surface area contributed by atoms with Crippen LogP contribution in [0.3, 0.4) is 0 Å². The van der Waals surface area contributed by atoms with E-state index in [2.05, 4.69) is 15.5 Å². The molecular weight excluding hydrogens is 488 g/mol. The molecule has 9 nitrogen and oxygen atoms in total. The molecule has 1 aliphatic heterocycles. The van der Waals surface area contributed by atoms with Crippen molar-refractivity contribution in [2.75, 3.05) is 5.32 Å². The maximum absolute atomic E-state index is 12.7. The fourth-order valence-electron chi connectivity index (χ4n) is 4.33. The number of carboxylic acids is 1. The van der Waals surface area contributed by atoms with E-state index in [1.165, 1.54) is 6.07 Å². The summed E-state index contributed by atoms with van der Waals surface area (Å²) in [6, 6.07) is 15.1. The fraction of sp³-hybridized carbons (Fsp3) is 0.185.